The fourth-order valence-electron chi connectivity index (χ4n) is 3.71. The van der Waals surface area contributed by atoms with Crippen molar-refractivity contribution in [2.24, 2.45) is 5.92 Å². The van der Waals surface area contributed by atoms with Gasteiger partial charge in [0.2, 0.25) is 0 Å². The number of para-hydroxylation sites is 1. The Morgan fingerprint density at radius 1 is 1.28 bits per heavy atom. The predicted molar refractivity (Wildman–Crippen MR) is 98.7 cm³/mol. The zero-order valence-electron chi connectivity index (χ0n) is 15.0. The van der Waals surface area contributed by atoms with Gasteiger partial charge in [0.1, 0.15) is 24.0 Å². The van der Waals surface area contributed by atoms with E-state index in [-0.39, 0.29) is 0 Å². The number of rotatable bonds is 5. The normalized spacial score (nSPS) is 19.2. The van der Waals surface area contributed by atoms with Crippen LogP contribution in [-0.4, -0.2) is 34.5 Å². The molecule has 0 saturated carbocycles. The molecule has 0 spiro atoms. The van der Waals surface area contributed by atoms with Crippen LogP contribution in [0.2, 0.25) is 0 Å². The molecule has 5 nitrogen and oxygen atoms in total. The molecule has 0 fully saturated rings. The van der Waals surface area contributed by atoms with Crippen molar-refractivity contribution in [3.8, 4) is 5.75 Å². The van der Waals surface area contributed by atoms with Crippen molar-refractivity contribution in [3.63, 3.8) is 0 Å². The Morgan fingerprint density at radius 2 is 2.16 bits per heavy atom. The minimum Gasteiger partial charge on any atom is -0.489 e. The molecule has 2 aromatic rings. The minimum absolute atomic E-state index is 0.428. The number of aryl methyl sites for hydroxylation is 1. The second-order valence-corrected chi connectivity index (χ2v) is 7.40. The van der Waals surface area contributed by atoms with Gasteiger partial charge in [-0.25, -0.2) is 0 Å². The first-order chi connectivity index (χ1) is 12.2. The lowest BCUT2D eigenvalue weighted by Crippen LogP contribution is -2.32. The highest BCUT2D eigenvalue weighted by Gasteiger charge is 2.23. The van der Waals surface area contributed by atoms with Gasteiger partial charge in [0, 0.05) is 31.0 Å². The van der Waals surface area contributed by atoms with Gasteiger partial charge in [-0.2, -0.15) is 0 Å². The smallest absolute Gasteiger partial charge is 0.135 e. The van der Waals surface area contributed by atoms with E-state index < -0.39 is 0 Å². The van der Waals surface area contributed by atoms with Gasteiger partial charge in [0.05, 0.1) is 0 Å². The SMILES string of the molecule is CC(C)c1nnc2n1C[C@@H](CNCC1=Cc3ccccc3OC1)CC2. The Bertz CT molecular complexity index is 778. The van der Waals surface area contributed by atoms with E-state index in [9.17, 15) is 0 Å². The van der Waals surface area contributed by atoms with Crippen LogP contribution in [0.3, 0.4) is 0 Å². The first-order valence-corrected chi connectivity index (χ1v) is 9.24. The van der Waals surface area contributed by atoms with Crippen LogP contribution >= 0.6 is 0 Å². The average Bonchev–Trinajstić information content (AvgIpc) is 3.05. The van der Waals surface area contributed by atoms with Crippen LogP contribution in [-0.2, 0) is 13.0 Å². The molecule has 5 heteroatoms. The molecule has 0 unspecified atom stereocenters. The molecule has 0 amide bonds. The molecule has 4 rings (SSSR count). The fourth-order valence-corrected chi connectivity index (χ4v) is 3.71. The molecule has 25 heavy (non-hydrogen) atoms. The lowest BCUT2D eigenvalue weighted by atomic mass is 9.98. The third kappa shape index (κ3) is 3.47. The molecular weight excluding hydrogens is 312 g/mol. The van der Waals surface area contributed by atoms with Gasteiger partial charge >= 0.3 is 0 Å². The Hall–Kier alpha value is -2.14. The summed E-state index contributed by atoms with van der Waals surface area (Å²) in [5.41, 5.74) is 2.49. The van der Waals surface area contributed by atoms with Crippen molar-refractivity contribution in [2.75, 3.05) is 19.7 Å². The van der Waals surface area contributed by atoms with Gasteiger partial charge in [0.15, 0.2) is 0 Å². The largest absolute Gasteiger partial charge is 0.489 e. The van der Waals surface area contributed by atoms with Gasteiger partial charge in [-0.05, 0) is 36.6 Å². The highest BCUT2D eigenvalue weighted by Crippen LogP contribution is 2.26. The minimum atomic E-state index is 0.428. The highest BCUT2D eigenvalue weighted by atomic mass is 16.5. The average molecular weight is 338 g/mol. The zero-order chi connectivity index (χ0) is 17.2. The van der Waals surface area contributed by atoms with Crippen LogP contribution in [0.5, 0.6) is 5.75 Å². The third-order valence-corrected chi connectivity index (χ3v) is 5.07. The molecule has 0 radical (unpaired) electrons. The van der Waals surface area contributed by atoms with Gasteiger partial charge < -0.3 is 14.6 Å². The van der Waals surface area contributed by atoms with Crippen LogP contribution in [0.15, 0.2) is 29.8 Å². The molecule has 0 saturated heterocycles. The number of hydrogen-bond acceptors (Lipinski definition) is 4. The van der Waals surface area contributed by atoms with Crippen LogP contribution < -0.4 is 10.1 Å². The van der Waals surface area contributed by atoms with Crippen LogP contribution in [0.4, 0.5) is 0 Å². The quantitative estimate of drug-likeness (QED) is 0.910. The van der Waals surface area contributed by atoms with E-state index in [4.69, 9.17) is 4.74 Å². The molecule has 1 aromatic heterocycles. The lowest BCUT2D eigenvalue weighted by molar-refractivity contribution is 0.329. The Morgan fingerprint density at radius 3 is 3.04 bits per heavy atom. The summed E-state index contributed by atoms with van der Waals surface area (Å²) in [5.74, 6) is 4.33. The molecule has 2 aliphatic rings. The number of nitrogens with one attached hydrogen (secondary N) is 1. The summed E-state index contributed by atoms with van der Waals surface area (Å²) in [4.78, 5) is 0. The van der Waals surface area contributed by atoms with Gasteiger partial charge in [0.25, 0.3) is 0 Å². The van der Waals surface area contributed by atoms with Crippen LogP contribution in [0, 0.1) is 5.92 Å². The molecule has 132 valence electrons. The maximum atomic E-state index is 5.83. The molecule has 0 bridgehead atoms. The number of nitrogens with zero attached hydrogens (tertiary/aromatic N) is 3. The van der Waals surface area contributed by atoms with Crippen LogP contribution in [0.25, 0.3) is 6.08 Å². The molecule has 0 aliphatic carbocycles. The van der Waals surface area contributed by atoms with E-state index in [0.717, 1.165) is 43.5 Å². The summed E-state index contributed by atoms with van der Waals surface area (Å²) < 4.78 is 8.16. The second kappa shape index (κ2) is 7.00. The Balaban J connectivity index is 1.33. The summed E-state index contributed by atoms with van der Waals surface area (Å²) in [5, 5.41) is 12.4. The summed E-state index contributed by atoms with van der Waals surface area (Å²) in [6, 6.07) is 8.21. The fraction of sp³-hybridized carbons (Fsp3) is 0.500. The second-order valence-electron chi connectivity index (χ2n) is 7.40. The van der Waals surface area contributed by atoms with Gasteiger partial charge in [-0.1, -0.05) is 32.0 Å². The van der Waals surface area contributed by atoms with Crippen molar-refractivity contribution in [2.45, 2.75) is 39.2 Å². The van der Waals surface area contributed by atoms with E-state index >= 15 is 0 Å². The van der Waals surface area contributed by atoms with Crippen molar-refractivity contribution in [1.82, 2.24) is 20.1 Å². The van der Waals surface area contributed by atoms with E-state index in [2.05, 4.69) is 52.1 Å². The predicted octanol–water partition coefficient (Wildman–Crippen LogP) is 3.03. The number of fused-ring (bicyclic) bond motifs is 2. The van der Waals surface area contributed by atoms with Crippen molar-refractivity contribution in [1.29, 1.82) is 0 Å². The summed E-state index contributed by atoms with van der Waals surface area (Å²) in [6.07, 6.45) is 4.47. The lowest BCUT2D eigenvalue weighted by Gasteiger charge is -2.26. The van der Waals surface area contributed by atoms with Gasteiger partial charge in [-0.15, -0.1) is 10.2 Å². The number of hydrogen-bond donors (Lipinski definition) is 1. The van der Waals surface area contributed by atoms with E-state index in [1.807, 2.05) is 12.1 Å². The van der Waals surface area contributed by atoms with Crippen molar-refractivity contribution >= 4 is 6.08 Å². The molecule has 1 atom stereocenters. The van der Waals surface area contributed by atoms with Crippen LogP contribution in [0.1, 0.15) is 43.4 Å². The van der Waals surface area contributed by atoms with E-state index in [1.54, 1.807) is 0 Å². The first kappa shape index (κ1) is 16.3. The maximum Gasteiger partial charge on any atom is 0.135 e. The Kier molecular flexibility index (Phi) is 4.57. The Labute approximate surface area is 149 Å². The number of aromatic nitrogens is 3. The first-order valence-electron chi connectivity index (χ1n) is 9.24. The highest BCUT2D eigenvalue weighted by molar-refractivity contribution is 5.62. The van der Waals surface area contributed by atoms with E-state index in [1.165, 1.54) is 17.6 Å². The van der Waals surface area contributed by atoms with E-state index in [0.29, 0.717) is 18.4 Å². The van der Waals surface area contributed by atoms with Gasteiger partial charge in [-0.3, -0.25) is 0 Å². The molecule has 3 heterocycles. The summed E-state index contributed by atoms with van der Waals surface area (Å²) >= 11 is 0. The summed E-state index contributed by atoms with van der Waals surface area (Å²) in [7, 11) is 0. The number of ether oxygens (including phenoxy) is 1. The van der Waals surface area contributed by atoms with Crippen molar-refractivity contribution < 1.29 is 4.74 Å². The molecule has 1 N–H and O–H groups in total. The maximum absolute atomic E-state index is 5.83. The number of benzene rings is 1. The standard InChI is InChI=1S/C20H26N4O/c1-14(2)20-23-22-19-8-7-15(12-24(19)20)10-21-11-16-9-17-5-3-4-6-18(17)25-13-16/h3-6,9,14-15,21H,7-8,10-13H2,1-2H3/t15-/m1/s1. The molecule has 2 aliphatic heterocycles. The molecular formula is C20H26N4O. The zero-order valence-corrected chi connectivity index (χ0v) is 15.0. The topological polar surface area (TPSA) is 52.0 Å². The molecule has 1 aromatic carbocycles. The monoisotopic (exact) mass is 338 g/mol. The summed E-state index contributed by atoms with van der Waals surface area (Å²) in [6.45, 7) is 7.99. The third-order valence-electron chi connectivity index (χ3n) is 5.07. The van der Waals surface area contributed by atoms with Crippen molar-refractivity contribution in [3.05, 3.63) is 47.1 Å².